The number of rotatable bonds is 2. The van der Waals surface area contributed by atoms with Crippen molar-refractivity contribution in [3.63, 3.8) is 0 Å². The maximum absolute atomic E-state index is 5.59. The molecule has 62 valence electrons. The van der Waals surface area contributed by atoms with Gasteiger partial charge in [0.15, 0.2) is 0 Å². The van der Waals surface area contributed by atoms with Crippen molar-refractivity contribution in [3.05, 3.63) is 18.0 Å². The van der Waals surface area contributed by atoms with Crippen molar-refractivity contribution in [1.82, 2.24) is 9.78 Å². The van der Waals surface area contributed by atoms with Gasteiger partial charge in [-0.3, -0.25) is 4.68 Å². The lowest BCUT2D eigenvalue weighted by Crippen LogP contribution is -2.35. The fourth-order valence-electron chi connectivity index (χ4n) is 0.846. The number of hydrogen-bond acceptors (Lipinski definition) is 2. The summed E-state index contributed by atoms with van der Waals surface area (Å²) in [6.07, 6.45) is 1.96. The Labute approximate surface area is 67.2 Å². The van der Waals surface area contributed by atoms with Gasteiger partial charge in [0.1, 0.15) is 0 Å². The monoisotopic (exact) mass is 153 g/mol. The average molecular weight is 153 g/mol. The molecule has 0 saturated carbocycles. The van der Waals surface area contributed by atoms with Crippen molar-refractivity contribution in [2.75, 3.05) is 6.54 Å². The van der Waals surface area contributed by atoms with E-state index in [-0.39, 0.29) is 5.54 Å². The van der Waals surface area contributed by atoms with Crippen molar-refractivity contribution in [2.45, 2.75) is 26.3 Å². The molecular weight excluding hydrogens is 138 g/mol. The van der Waals surface area contributed by atoms with Crippen molar-refractivity contribution < 1.29 is 0 Å². The smallest absolute Gasteiger partial charge is 0.0693 e. The van der Waals surface area contributed by atoms with Crippen LogP contribution in [0.3, 0.4) is 0 Å². The van der Waals surface area contributed by atoms with E-state index in [4.69, 9.17) is 5.73 Å². The molecule has 3 heteroatoms. The SMILES string of the molecule is Cc1ccn(C(C)(C)CN)n1. The van der Waals surface area contributed by atoms with Crippen LogP contribution in [0.5, 0.6) is 0 Å². The summed E-state index contributed by atoms with van der Waals surface area (Å²) in [7, 11) is 0. The third kappa shape index (κ3) is 1.60. The van der Waals surface area contributed by atoms with Gasteiger partial charge >= 0.3 is 0 Å². The zero-order valence-electron chi connectivity index (χ0n) is 7.33. The molecule has 3 nitrogen and oxygen atoms in total. The van der Waals surface area contributed by atoms with Crippen LogP contribution in [0.1, 0.15) is 19.5 Å². The largest absolute Gasteiger partial charge is 0.328 e. The Hall–Kier alpha value is -0.830. The summed E-state index contributed by atoms with van der Waals surface area (Å²) < 4.78 is 1.91. The predicted molar refractivity (Wildman–Crippen MR) is 45.3 cm³/mol. The van der Waals surface area contributed by atoms with Crippen LogP contribution in [0.15, 0.2) is 12.3 Å². The minimum atomic E-state index is -0.0613. The molecular formula is C8H15N3. The van der Waals surface area contributed by atoms with Crippen LogP contribution >= 0.6 is 0 Å². The highest BCUT2D eigenvalue weighted by atomic mass is 15.3. The van der Waals surface area contributed by atoms with Gasteiger partial charge in [-0.25, -0.2) is 0 Å². The summed E-state index contributed by atoms with van der Waals surface area (Å²) in [6.45, 7) is 6.72. The van der Waals surface area contributed by atoms with Crippen LogP contribution in [0, 0.1) is 6.92 Å². The molecule has 0 bridgehead atoms. The Morgan fingerprint density at radius 3 is 2.64 bits per heavy atom. The first-order valence-corrected chi connectivity index (χ1v) is 3.79. The Kier molecular flexibility index (Phi) is 2.00. The normalized spacial score (nSPS) is 12.0. The van der Waals surface area contributed by atoms with Crippen molar-refractivity contribution in [3.8, 4) is 0 Å². The molecule has 0 aliphatic carbocycles. The van der Waals surface area contributed by atoms with Gasteiger partial charge in [-0.2, -0.15) is 5.10 Å². The number of nitrogens with zero attached hydrogens (tertiary/aromatic N) is 2. The molecule has 0 aliphatic rings. The second kappa shape index (κ2) is 2.66. The summed E-state index contributed by atoms with van der Waals surface area (Å²) in [4.78, 5) is 0. The fraction of sp³-hybridized carbons (Fsp3) is 0.625. The Balaban J connectivity index is 2.92. The first kappa shape index (κ1) is 8.27. The highest BCUT2D eigenvalue weighted by molar-refractivity contribution is 4.97. The molecule has 1 heterocycles. The molecule has 0 aliphatic heterocycles. The molecule has 0 amide bonds. The van der Waals surface area contributed by atoms with Crippen molar-refractivity contribution in [2.24, 2.45) is 5.73 Å². The number of hydrogen-bond donors (Lipinski definition) is 1. The highest BCUT2D eigenvalue weighted by Gasteiger charge is 2.17. The Morgan fingerprint density at radius 2 is 2.27 bits per heavy atom. The summed E-state index contributed by atoms with van der Waals surface area (Å²) in [5, 5.41) is 4.29. The zero-order valence-corrected chi connectivity index (χ0v) is 7.33. The van der Waals surface area contributed by atoms with Crippen LogP contribution in [0.4, 0.5) is 0 Å². The summed E-state index contributed by atoms with van der Waals surface area (Å²) >= 11 is 0. The van der Waals surface area contributed by atoms with Gasteiger partial charge in [-0.1, -0.05) is 0 Å². The molecule has 0 radical (unpaired) electrons. The quantitative estimate of drug-likeness (QED) is 0.685. The third-order valence-electron chi connectivity index (χ3n) is 1.84. The lowest BCUT2D eigenvalue weighted by Gasteiger charge is -2.22. The molecule has 11 heavy (non-hydrogen) atoms. The van der Waals surface area contributed by atoms with Gasteiger partial charge in [0.05, 0.1) is 11.2 Å². The Bertz CT molecular complexity index is 237. The second-order valence-corrected chi connectivity index (χ2v) is 3.42. The molecule has 0 saturated heterocycles. The minimum absolute atomic E-state index is 0.0613. The average Bonchev–Trinajstić information content (AvgIpc) is 2.36. The first-order chi connectivity index (χ1) is 5.06. The molecule has 0 spiro atoms. The molecule has 1 aromatic rings. The van der Waals surface area contributed by atoms with E-state index in [0.29, 0.717) is 6.54 Å². The van der Waals surface area contributed by atoms with Crippen LogP contribution in [0.2, 0.25) is 0 Å². The van der Waals surface area contributed by atoms with Gasteiger partial charge in [0.25, 0.3) is 0 Å². The Morgan fingerprint density at radius 1 is 1.64 bits per heavy atom. The maximum atomic E-state index is 5.59. The zero-order chi connectivity index (χ0) is 8.48. The van der Waals surface area contributed by atoms with Crippen LogP contribution in [-0.2, 0) is 5.54 Å². The topological polar surface area (TPSA) is 43.8 Å². The molecule has 0 fully saturated rings. The lowest BCUT2D eigenvalue weighted by atomic mass is 10.1. The van der Waals surface area contributed by atoms with E-state index in [9.17, 15) is 0 Å². The molecule has 0 unspecified atom stereocenters. The fourth-order valence-corrected chi connectivity index (χ4v) is 0.846. The maximum Gasteiger partial charge on any atom is 0.0693 e. The predicted octanol–water partition coefficient (Wildman–Crippen LogP) is 0.885. The van der Waals surface area contributed by atoms with Gasteiger partial charge in [0, 0.05) is 12.7 Å². The van der Waals surface area contributed by atoms with E-state index in [1.165, 1.54) is 0 Å². The second-order valence-electron chi connectivity index (χ2n) is 3.42. The molecule has 1 aromatic heterocycles. The first-order valence-electron chi connectivity index (χ1n) is 3.79. The lowest BCUT2D eigenvalue weighted by molar-refractivity contribution is 0.329. The van der Waals surface area contributed by atoms with E-state index in [0.717, 1.165) is 5.69 Å². The molecule has 1 rings (SSSR count). The van der Waals surface area contributed by atoms with Crippen molar-refractivity contribution >= 4 is 0 Å². The number of aryl methyl sites for hydroxylation is 1. The third-order valence-corrected chi connectivity index (χ3v) is 1.84. The van der Waals surface area contributed by atoms with E-state index in [1.807, 2.05) is 23.9 Å². The van der Waals surface area contributed by atoms with Gasteiger partial charge < -0.3 is 5.73 Å². The van der Waals surface area contributed by atoms with Gasteiger partial charge in [-0.05, 0) is 26.8 Å². The summed E-state index contributed by atoms with van der Waals surface area (Å²) in [5.41, 5.74) is 6.56. The highest BCUT2D eigenvalue weighted by Crippen LogP contribution is 2.11. The van der Waals surface area contributed by atoms with Crippen LogP contribution < -0.4 is 5.73 Å². The van der Waals surface area contributed by atoms with E-state index >= 15 is 0 Å². The summed E-state index contributed by atoms with van der Waals surface area (Å²) in [6, 6.07) is 1.98. The van der Waals surface area contributed by atoms with Crippen LogP contribution in [-0.4, -0.2) is 16.3 Å². The minimum Gasteiger partial charge on any atom is -0.328 e. The van der Waals surface area contributed by atoms with Crippen LogP contribution in [0.25, 0.3) is 0 Å². The van der Waals surface area contributed by atoms with E-state index in [1.54, 1.807) is 0 Å². The van der Waals surface area contributed by atoms with E-state index in [2.05, 4.69) is 18.9 Å². The van der Waals surface area contributed by atoms with Crippen molar-refractivity contribution in [1.29, 1.82) is 0 Å². The van der Waals surface area contributed by atoms with Gasteiger partial charge in [0.2, 0.25) is 0 Å². The number of aromatic nitrogens is 2. The van der Waals surface area contributed by atoms with E-state index < -0.39 is 0 Å². The molecule has 2 N–H and O–H groups in total. The number of nitrogens with two attached hydrogens (primary N) is 1. The molecule has 0 atom stereocenters. The van der Waals surface area contributed by atoms with Gasteiger partial charge in [-0.15, -0.1) is 0 Å². The molecule has 0 aromatic carbocycles. The standard InChI is InChI=1S/C8H15N3/c1-7-4-5-11(10-7)8(2,3)6-9/h4-5H,6,9H2,1-3H3. The summed E-state index contributed by atoms with van der Waals surface area (Å²) in [5.74, 6) is 0.